The Kier molecular flexibility index (Phi) is 7.19. The topological polar surface area (TPSA) is 67.0 Å². The normalized spacial score (nSPS) is 11.3. The summed E-state index contributed by atoms with van der Waals surface area (Å²) in [7, 11) is 1.61. The predicted octanol–water partition coefficient (Wildman–Crippen LogP) is 3.92. The third-order valence-electron chi connectivity index (χ3n) is 4.03. The number of ether oxygens (including phenoxy) is 1. The minimum absolute atomic E-state index is 0.0958. The molecular weight excluding hydrogens is 394 g/mol. The summed E-state index contributed by atoms with van der Waals surface area (Å²) in [5.41, 5.74) is 4.00. The zero-order chi connectivity index (χ0) is 19.1. The van der Waals surface area contributed by atoms with Gasteiger partial charge in [-0.2, -0.15) is 5.26 Å². The van der Waals surface area contributed by atoms with Crippen LogP contribution in [0, 0.1) is 25.2 Å². The number of hydrogen-bond acceptors (Lipinski definition) is 3. The molecule has 1 heterocycles. The van der Waals surface area contributed by atoms with Crippen LogP contribution in [0.3, 0.4) is 0 Å². The van der Waals surface area contributed by atoms with Gasteiger partial charge in [0.05, 0.1) is 0 Å². The Morgan fingerprint density at radius 2 is 2.04 bits per heavy atom. The maximum absolute atomic E-state index is 12.2. The van der Waals surface area contributed by atoms with Crippen molar-refractivity contribution in [1.29, 1.82) is 5.26 Å². The highest BCUT2D eigenvalue weighted by Crippen LogP contribution is 2.24. The van der Waals surface area contributed by atoms with Crippen molar-refractivity contribution in [3.8, 4) is 11.8 Å². The van der Waals surface area contributed by atoms with Crippen LogP contribution in [0.15, 0.2) is 40.4 Å². The van der Waals surface area contributed by atoms with Gasteiger partial charge in [-0.15, -0.1) is 0 Å². The van der Waals surface area contributed by atoms with Crippen LogP contribution in [0.4, 0.5) is 0 Å². The Morgan fingerprint density at radius 1 is 1.35 bits per heavy atom. The molecule has 0 aliphatic rings. The highest BCUT2D eigenvalue weighted by molar-refractivity contribution is 9.10. The molecule has 0 bridgehead atoms. The zero-order valence-electron chi connectivity index (χ0n) is 15.2. The van der Waals surface area contributed by atoms with Gasteiger partial charge < -0.3 is 14.6 Å². The van der Waals surface area contributed by atoms with Crippen LogP contribution in [0.25, 0.3) is 11.8 Å². The number of halogens is 1. The molecule has 1 aromatic heterocycles. The summed E-state index contributed by atoms with van der Waals surface area (Å²) in [5, 5.41) is 12.1. The zero-order valence-corrected chi connectivity index (χ0v) is 16.8. The molecule has 2 rings (SSSR count). The van der Waals surface area contributed by atoms with Crippen molar-refractivity contribution in [1.82, 2.24) is 9.88 Å². The molecule has 0 spiro atoms. The molecule has 0 atom stereocenters. The summed E-state index contributed by atoms with van der Waals surface area (Å²) in [5.74, 6) is -0.364. The van der Waals surface area contributed by atoms with E-state index in [9.17, 15) is 10.1 Å². The molecule has 0 aliphatic carbocycles. The summed E-state index contributed by atoms with van der Waals surface area (Å²) in [4.78, 5) is 12.2. The standard InChI is InChI=1S/C20H22BrN3O2/c1-14-11-16(12-17(13-22)20(25)23-9-4-10-26-3)15(2)24(14)19-7-5-18(21)6-8-19/h5-8,11-12H,4,9-10H2,1-3H3,(H,23,25). The summed E-state index contributed by atoms with van der Waals surface area (Å²) < 4.78 is 8.07. The number of nitrogens with one attached hydrogen (secondary N) is 1. The van der Waals surface area contributed by atoms with Gasteiger partial charge in [0.15, 0.2) is 0 Å². The van der Waals surface area contributed by atoms with Crippen molar-refractivity contribution < 1.29 is 9.53 Å². The summed E-state index contributed by atoms with van der Waals surface area (Å²) in [6, 6.07) is 12.0. The molecule has 0 radical (unpaired) electrons. The van der Waals surface area contributed by atoms with E-state index in [1.807, 2.05) is 50.2 Å². The van der Waals surface area contributed by atoms with Gasteiger partial charge in [0, 0.05) is 41.8 Å². The van der Waals surface area contributed by atoms with E-state index in [1.54, 1.807) is 13.2 Å². The van der Waals surface area contributed by atoms with Crippen molar-refractivity contribution in [2.24, 2.45) is 0 Å². The second kappa shape index (κ2) is 9.37. The van der Waals surface area contributed by atoms with Crippen LogP contribution in [-0.2, 0) is 9.53 Å². The number of hydrogen-bond donors (Lipinski definition) is 1. The number of nitrogens with zero attached hydrogens (tertiary/aromatic N) is 2. The number of rotatable bonds is 7. The second-order valence-electron chi connectivity index (χ2n) is 5.91. The van der Waals surface area contributed by atoms with Crippen molar-refractivity contribution >= 4 is 27.9 Å². The van der Waals surface area contributed by atoms with E-state index in [1.165, 1.54) is 0 Å². The lowest BCUT2D eigenvalue weighted by atomic mass is 10.1. The Morgan fingerprint density at radius 3 is 2.65 bits per heavy atom. The first-order valence-electron chi connectivity index (χ1n) is 8.31. The van der Waals surface area contributed by atoms with E-state index in [0.29, 0.717) is 19.6 Å². The number of carbonyl (C=O) groups is 1. The van der Waals surface area contributed by atoms with Crippen molar-refractivity contribution in [2.75, 3.05) is 20.3 Å². The van der Waals surface area contributed by atoms with Gasteiger partial charge in [-0.1, -0.05) is 15.9 Å². The maximum atomic E-state index is 12.2. The van der Waals surface area contributed by atoms with Gasteiger partial charge in [0.2, 0.25) is 0 Å². The molecule has 1 N–H and O–H groups in total. The lowest BCUT2D eigenvalue weighted by molar-refractivity contribution is -0.117. The van der Waals surface area contributed by atoms with Crippen LogP contribution < -0.4 is 5.32 Å². The van der Waals surface area contributed by atoms with Gasteiger partial charge >= 0.3 is 0 Å². The van der Waals surface area contributed by atoms with Gasteiger partial charge in [0.1, 0.15) is 11.6 Å². The molecule has 26 heavy (non-hydrogen) atoms. The lowest BCUT2D eigenvalue weighted by Gasteiger charge is -2.09. The molecule has 0 saturated carbocycles. The molecule has 1 amide bonds. The number of aromatic nitrogens is 1. The SMILES string of the molecule is COCCCNC(=O)C(C#N)=Cc1cc(C)n(-c2ccc(Br)cc2)c1C. The Bertz CT molecular complexity index is 845. The first kappa shape index (κ1) is 20.0. The third-order valence-corrected chi connectivity index (χ3v) is 4.56. The summed E-state index contributed by atoms with van der Waals surface area (Å²) >= 11 is 3.44. The molecule has 0 aliphatic heterocycles. The fraction of sp³-hybridized carbons (Fsp3) is 0.300. The molecule has 0 unspecified atom stereocenters. The number of aryl methyl sites for hydroxylation is 1. The number of carbonyl (C=O) groups excluding carboxylic acids is 1. The molecule has 0 fully saturated rings. The van der Waals surface area contributed by atoms with E-state index in [0.717, 1.165) is 27.1 Å². The molecule has 2 aromatic rings. The van der Waals surface area contributed by atoms with E-state index in [2.05, 4.69) is 25.8 Å². The third kappa shape index (κ3) is 4.84. The summed E-state index contributed by atoms with van der Waals surface area (Å²) in [6.45, 7) is 5.03. The highest BCUT2D eigenvalue weighted by atomic mass is 79.9. The Balaban J connectivity index is 2.26. The predicted molar refractivity (Wildman–Crippen MR) is 106 cm³/mol. The molecular formula is C20H22BrN3O2. The monoisotopic (exact) mass is 415 g/mol. The Labute approximate surface area is 162 Å². The first-order chi connectivity index (χ1) is 12.5. The number of nitriles is 1. The number of methoxy groups -OCH3 is 1. The molecule has 6 heteroatoms. The van der Waals surface area contributed by atoms with Gasteiger partial charge in [-0.3, -0.25) is 4.79 Å². The largest absolute Gasteiger partial charge is 0.385 e. The van der Waals surface area contributed by atoms with Crippen molar-refractivity contribution in [2.45, 2.75) is 20.3 Å². The quantitative estimate of drug-likeness (QED) is 0.423. The maximum Gasteiger partial charge on any atom is 0.261 e. The van der Waals surface area contributed by atoms with Crippen LogP contribution in [0.5, 0.6) is 0 Å². The minimum Gasteiger partial charge on any atom is -0.385 e. The fourth-order valence-corrected chi connectivity index (χ4v) is 3.00. The second-order valence-corrected chi connectivity index (χ2v) is 6.83. The van der Waals surface area contributed by atoms with Crippen LogP contribution in [-0.4, -0.2) is 30.7 Å². The average molecular weight is 416 g/mol. The summed E-state index contributed by atoms with van der Waals surface area (Å²) in [6.07, 6.45) is 2.35. The highest BCUT2D eigenvalue weighted by Gasteiger charge is 2.13. The van der Waals surface area contributed by atoms with E-state index < -0.39 is 0 Å². The smallest absolute Gasteiger partial charge is 0.261 e. The number of amides is 1. The molecule has 0 saturated heterocycles. The van der Waals surface area contributed by atoms with E-state index in [-0.39, 0.29) is 11.5 Å². The number of benzene rings is 1. The van der Waals surface area contributed by atoms with E-state index >= 15 is 0 Å². The molecule has 136 valence electrons. The van der Waals surface area contributed by atoms with Gasteiger partial charge in [-0.25, -0.2) is 0 Å². The van der Waals surface area contributed by atoms with Crippen molar-refractivity contribution in [3.05, 3.63) is 57.3 Å². The minimum atomic E-state index is -0.364. The molecule has 1 aromatic carbocycles. The van der Waals surface area contributed by atoms with Crippen LogP contribution in [0.2, 0.25) is 0 Å². The van der Waals surface area contributed by atoms with Crippen LogP contribution in [0.1, 0.15) is 23.4 Å². The van der Waals surface area contributed by atoms with Gasteiger partial charge in [-0.05, 0) is 62.2 Å². The Hall–Kier alpha value is -2.36. The fourth-order valence-electron chi connectivity index (χ4n) is 2.74. The first-order valence-corrected chi connectivity index (χ1v) is 9.11. The van der Waals surface area contributed by atoms with Crippen molar-refractivity contribution in [3.63, 3.8) is 0 Å². The average Bonchev–Trinajstić information content (AvgIpc) is 2.91. The van der Waals surface area contributed by atoms with E-state index in [4.69, 9.17) is 4.74 Å². The van der Waals surface area contributed by atoms with Gasteiger partial charge in [0.25, 0.3) is 5.91 Å². The van der Waals surface area contributed by atoms with Crippen LogP contribution >= 0.6 is 15.9 Å². The molecule has 5 nitrogen and oxygen atoms in total. The lowest BCUT2D eigenvalue weighted by Crippen LogP contribution is -2.26.